The number of nitrogens with zero attached hydrogens (tertiary/aromatic N) is 4. The van der Waals surface area contributed by atoms with Gasteiger partial charge in [-0.2, -0.15) is 5.10 Å². The van der Waals surface area contributed by atoms with Crippen molar-refractivity contribution in [2.24, 2.45) is 0 Å². The standard InChI is InChI=1S/C19H14ClN5O/c1-12-8-15(14-4-2-3-5-16(14)23-12)19(26)24-17-9-13(20)6-7-18(17)25-11-21-10-22-25/h2-11H,1H3,(H,24,26). The molecule has 26 heavy (non-hydrogen) atoms. The number of amides is 1. The Kier molecular flexibility index (Phi) is 4.10. The first kappa shape index (κ1) is 16.2. The minimum atomic E-state index is -0.240. The SMILES string of the molecule is Cc1cc(C(=O)Nc2cc(Cl)ccc2-n2cncn2)c2ccccc2n1. The average Bonchev–Trinajstić information content (AvgIpc) is 3.15. The van der Waals surface area contributed by atoms with Crippen molar-refractivity contribution in [3.8, 4) is 5.69 Å². The second-order valence-corrected chi connectivity index (χ2v) is 6.22. The molecule has 0 saturated heterocycles. The summed E-state index contributed by atoms with van der Waals surface area (Å²) in [6, 6.07) is 14.5. The molecule has 7 heteroatoms. The summed E-state index contributed by atoms with van der Waals surface area (Å²) in [6.45, 7) is 1.86. The van der Waals surface area contributed by atoms with Gasteiger partial charge in [-0.05, 0) is 37.3 Å². The number of halogens is 1. The van der Waals surface area contributed by atoms with Gasteiger partial charge in [-0.15, -0.1) is 0 Å². The molecule has 6 nitrogen and oxygen atoms in total. The van der Waals surface area contributed by atoms with Crippen molar-refractivity contribution >= 4 is 34.1 Å². The topological polar surface area (TPSA) is 72.7 Å². The van der Waals surface area contributed by atoms with Gasteiger partial charge in [-0.1, -0.05) is 29.8 Å². The molecule has 0 unspecified atom stereocenters. The average molecular weight is 364 g/mol. The molecule has 2 heterocycles. The normalized spacial score (nSPS) is 10.8. The van der Waals surface area contributed by atoms with Crippen molar-refractivity contribution in [3.63, 3.8) is 0 Å². The maximum absolute atomic E-state index is 13.0. The number of carbonyl (C=O) groups excluding carboxylic acids is 1. The number of hydrogen-bond donors (Lipinski definition) is 1. The quantitative estimate of drug-likeness (QED) is 0.596. The minimum Gasteiger partial charge on any atom is -0.320 e. The summed E-state index contributed by atoms with van der Waals surface area (Å²) in [5, 5.41) is 8.36. The molecule has 0 atom stereocenters. The van der Waals surface area contributed by atoms with E-state index in [0.717, 1.165) is 16.6 Å². The number of aromatic nitrogens is 4. The van der Waals surface area contributed by atoms with E-state index >= 15 is 0 Å². The zero-order valence-electron chi connectivity index (χ0n) is 13.8. The summed E-state index contributed by atoms with van der Waals surface area (Å²) in [7, 11) is 0. The van der Waals surface area contributed by atoms with Crippen LogP contribution in [0, 0.1) is 6.92 Å². The van der Waals surface area contributed by atoms with Crippen molar-refractivity contribution in [2.75, 3.05) is 5.32 Å². The number of anilines is 1. The number of para-hydroxylation sites is 1. The fourth-order valence-corrected chi connectivity index (χ4v) is 3.00. The van der Waals surface area contributed by atoms with Crippen LogP contribution < -0.4 is 5.32 Å². The third-order valence-electron chi connectivity index (χ3n) is 3.96. The van der Waals surface area contributed by atoms with Crippen LogP contribution in [-0.2, 0) is 0 Å². The Labute approximate surface area is 154 Å². The van der Waals surface area contributed by atoms with Crippen molar-refractivity contribution in [2.45, 2.75) is 6.92 Å². The number of pyridine rings is 1. The lowest BCUT2D eigenvalue weighted by Gasteiger charge is -2.13. The Morgan fingerprint density at radius 2 is 2.00 bits per heavy atom. The van der Waals surface area contributed by atoms with Crippen molar-refractivity contribution < 1.29 is 4.79 Å². The molecule has 4 rings (SSSR count). The molecule has 0 aliphatic rings. The minimum absolute atomic E-state index is 0.240. The third-order valence-corrected chi connectivity index (χ3v) is 4.20. The molecule has 0 aliphatic heterocycles. The van der Waals surface area contributed by atoms with E-state index in [1.807, 2.05) is 31.2 Å². The van der Waals surface area contributed by atoms with Gasteiger partial charge in [0, 0.05) is 16.1 Å². The maximum Gasteiger partial charge on any atom is 0.256 e. The molecule has 1 amide bonds. The van der Waals surface area contributed by atoms with Crippen molar-refractivity contribution in [1.82, 2.24) is 19.7 Å². The van der Waals surface area contributed by atoms with Gasteiger partial charge in [-0.3, -0.25) is 9.78 Å². The highest BCUT2D eigenvalue weighted by atomic mass is 35.5. The summed E-state index contributed by atoms with van der Waals surface area (Å²) in [6.07, 6.45) is 2.99. The first-order valence-corrected chi connectivity index (χ1v) is 8.32. The molecular formula is C19H14ClN5O. The van der Waals surface area contributed by atoms with Crippen LogP contribution in [0.4, 0.5) is 5.69 Å². The van der Waals surface area contributed by atoms with E-state index in [4.69, 9.17) is 11.6 Å². The number of fused-ring (bicyclic) bond motifs is 1. The molecule has 2 aromatic carbocycles. The fraction of sp³-hybridized carbons (Fsp3) is 0.0526. The Morgan fingerprint density at radius 1 is 1.15 bits per heavy atom. The number of carbonyl (C=O) groups is 1. The second-order valence-electron chi connectivity index (χ2n) is 5.78. The number of nitrogens with one attached hydrogen (secondary N) is 1. The van der Waals surface area contributed by atoms with E-state index < -0.39 is 0 Å². The van der Waals surface area contributed by atoms with Crippen LogP contribution in [0.2, 0.25) is 5.02 Å². The van der Waals surface area contributed by atoms with Crippen LogP contribution >= 0.6 is 11.6 Å². The van der Waals surface area contributed by atoms with Crippen LogP contribution in [0.15, 0.2) is 61.2 Å². The molecule has 0 saturated carbocycles. The highest BCUT2D eigenvalue weighted by Gasteiger charge is 2.15. The highest BCUT2D eigenvalue weighted by molar-refractivity contribution is 6.31. The maximum atomic E-state index is 13.0. The zero-order chi connectivity index (χ0) is 18.1. The smallest absolute Gasteiger partial charge is 0.256 e. The van der Waals surface area contributed by atoms with E-state index in [1.54, 1.807) is 35.3 Å². The molecular weight excluding hydrogens is 350 g/mol. The lowest BCUT2D eigenvalue weighted by molar-refractivity contribution is 0.102. The number of hydrogen-bond acceptors (Lipinski definition) is 4. The van der Waals surface area contributed by atoms with E-state index in [2.05, 4.69) is 20.4 Å². The lowest BCUT2D eigenvalue weighted by atomic mass is 10.1. The summed E-state index contributed by atoms with van der Waals surface area (Å²) >= 11 is 6.12. The summed E-state index contributed by atoms with van der Waals surface area (Å²) in [4.78, 5) is 21.4. The Hall–Kier alpha value is -3.25. The van der Waals surface area contributed by atoms with E-state index in [0.29, 0.717) is 22.0 Å². The van der Waals surface area contributed by atoms with Gasteiger partial charge < -0.3 is 5.32 Å². The largest absolute Gasteiger partial charge is 0.320 e. The molecule has 1 N–H and O–H groups in total. The highest BCUT2D eigenvalue weighted by Crippen LogP contribution is 2.26. The van der Waals surface area contributed by atoms with Crippen LogP contribution in [0.1, 0.15) is 16.1 Å². The number of benzene rings is 2. The molecule has 0 radical (unpaired) electrons. The van der Waals surface area contributed by atoms with E-state index in [1.165, 1.54) is 6.33 Å². The first-order valence-electron chi connectivity index (χ1n) is 7.94. The van der Waals surface area contributed by atoms with Crippen LogP contribution in [0.25, 0.3) is 16.6 Å². The number of aryl methyl sites for hydroxylation is 1. The molecule has 0 bridgehead atoms. The zero-order valence-corrected chi connectivity index (χ0v) is 14.6. The summed E-state index contributed by atoms with van der Waals surface area (Å²) in [5.74, 6) is -0.240. The molecule has 2 aromatic heterocycles. The molecule has 0 spiro atoms. The lowest BCUT2D eigenvalue weighted by Crippen LogP contribution is -2.15. The molecule has 0 fully saturated rings. The van der Waals surface area contributed by atoms with Crippen LogP contribution in [0.5, 0.6) is 0 Å². The third kappa shape index (κ3) is 3.02. The predicted molar refractivity (Wildman–Crippen MR) is 101 cm³/mol. The fourth-order valence-electron chi connectivity index (χ4n) is 2.83. The molecule has 128 valence electrons. The van der Waals surface area contributed by atoms with Gasteiger partial charge in [0.15, 0.2) is 0 Å². The Balaban J connectivity index is 1.77. The monoisotopic (exact) mass is 363 g/mol. The van der Waals surface area contributed by atoms with Crippen molar-refractivity contribution in [1.29, 1.82) is 0 Å². The van der Waals surface area contributed by atoms with Gasteiger partial charge in [0.1, 0.15) is 12.7 Å². The van der Waals surface area contributed by atoms with E-state index in [-0.39, 0.29) is 5.91 Å². The predicted octanol–water partition coefficient (Wildman–Crippen LogP) is 4.03. The van der Waals surface area contributed by atoms with Gasteiger partial charge in [-0.25, -0.2) is 9.67 Å². The summed E-state index contributed by atoms with van der Waals surface area (Å²) < 4.78 is 1.57. The molecule has 0 aliphatic carbocycles. The summed E-state index contributed by atoms with van der Waals surface area (Å²) in [5.41, 5.74) is 3.33. The number of rotatable bonds is 3. The second kappa shape index (κ2) is 6.57. The van der Waals surface area contributed by atoms with Crippen molar-refractivity contribution in [3.05, 3.63) is 77.5 Å². The Bertz CT molecular complexity index is 1110. The first-order chi connectivity index (χ1) is 12.6. The van der Waals surface area contributed by atoms with Crippen LogP contribution in [-0.4, -0.2) is 25.7 Å². The Morgan fingerprint density at radius 3 is 2.81 bits per heavy atom. The van der Waals surface area contributed by atoms with Crippen LogP contribution in [0.3, 0.4) is 0 Å². The van der Waals surface area contributed by atoms with Gasteiger partial charge in [0.05, 0.1) is 22.5 Å². The molecule has 4 aromatic rings. The van der Waals surface area contributed by atoms with Gasteiger partial charge in [0.25, 0.3) is 5.91 Å². The van der Waals surface area contributed by atoms with Gasteiger partial charge >= 0.3 is 0 Å². The van der Waals surface area contributed by atoms with E-state index in [9.17, 15) is 4.79 Å². The van der Waals surface area contributed by atoms with Gasteiger partial charge in [0.2, 0.25) is 0 Å².